The van der Waals surface area contributed by atoms with Crippen LogP contribution in [0.3, 0.4) is 0 Å². The Balaban J connectivity index is 1.20. The van der Waals surface area contributed by atoms with Gasteiger partial charge in [-0.15, -0.1) is 0 Å². The molecule has 4 amide bonds. The number of rotatable bonds is 3. The lowest BCUT2D eigenvalue weighted by atomic mass is 10.1. The minimum atomic E-state index is -0.447. The normalized spacial score (nSPS) is 16.2. The second-order valence-corrected chi connectivity index (χ2v) is 7.55. The molecular formula is C22H19N5O4. The van der Waals surface area contributed by atoms with Crippen LogP contribution < -0.4 is 0 Å². The number of hydrogen-bond donors (Lipinski definition) is 1. The van der Waals surface area contributed by atoms with Crippen molar-refractivity contribution in [2.24, 2.45) is 0 Å². The summed E-state index contributed by atoms with van der Waals surface area (Å²) in [6, 6.07) is 11.9. The zero-order valence-corrected chi connectivity index (χ0v) is 16.6. The second-order valence-electron chi connectivity index (χ2n) is 7.55. The number of nitrogens with one attached hydrogen (secondary N) is 1. The Bertz CT molecular complexity index is 1190. The van der Waals surface area contributed by atoms with Gasteiger partial charge in [0.1, 0.15) is 6.54 Å². The van der Waals surface area contributed by atoms with E-state index in [0.717, 1.165) is 15.9 Å². The maximum Gasteiger partial charge on any atom is 0.262 e. The highest BCUT2D eigenvalue weighted by molar-refractivity contribution is 6.22. The van der Waals surface area contributed by atoms with E-state index < -0.39 is 11.8 Å². The third-order valence-electron chi connectivity index (χ3n) is 5.76. The van der Waals surface area contributed by atoms with E-state index in [2.05, 4.69) is 9.97 Å². The monoisotopic (exact) mass is 417 g/mol. The van der Waals surface area contributed by atoms with Crippen LogP contribution in [0, 0.1) is 0 Å². The van der Waals surface area contributed by atoms with Gasteiger partial charge >= 0.3 is 0 Å². The molecule has 1 saturated heterocycles. The molecule has 2 aliphatic rings. The maximum absolute atomic E-state index is 12.8. The average molecular weight is 417 g/mol. The number of carbonyl (C=O) groups is 4. The van der Waals surface area contributed by atoms with Crippen molar-refractivity contribution in [2.45, 2.75) is 0 Å². The van der Waals surface area contributed by atoms with Crippen molar-refractivity contribution in [3.8, 4) is 0 Å². The van der Waals surface area contributed by atoms with Crippen molar-refractivity contribution in [1.82, 2.24) is 24.7 Å². The van der Waals surface area contributed by atoms with Gasteiger partial charge in [-0.1, -0.05) is 12.1 Å². The molecule has 31 heavy (non-hydrogen) atoms. The van der Waals surface area contributed by atoms with E-state index in [4.69, 9.17) is 0 Å². The third kappa shape index (κ3) is 3.24. The van der Waals surface area contributed by atoms with Crippen LogP contribution in [-0.4, -0.2) is 81.0 Å². The molecule has 1 aromatic heterocycles. The first-order chi connectivity index (χ1) is 15.0. The molecule has 0 saturated carbocycles. The van der Waals surface area contributed by atoms with E-state index in [0.29, 0.717) is 42.9 Å². The standard InChI is InChI=1S/C22H19N5O4/c28-19(12-27-21(30)15-3-1-2-4-16(15)22(27)31)25-7-9-26(10-8-25)20(29)14-5-6-17-18(11-14)24-13-23-17/h1-6,11,13H,7-10,12H2,(H,23,24). The SMILES string of the molecule is O=C(CN1C(=O)c2ccccc2C1=O)N1CCN(C(=O)c2ccc3nc[nH]c3c2)CC1. The number of carbonyl (C=O) groups excluding carboxylic acids is 4. The summed E-state index contributed by atoms with van der Waals surface area (Å²) < 4.78 is 0. The molecule has 0 atom stereocenters. The summed E-state index contributed by atoms with van der Waals surface area (Å²) >= 11 is 0. The lowest BCUT2D eigenvalue weighted by Crippen LogP contribution is -2.53. The van der Waals surface area contributed by atoms with Crippen molar-refractivity contribution < 1.29 is 19.2 Å². The van der Waals surface area contributed by atoms with Gasteiger partial charge in [-0.2, -0.15) is 0 Å². The van der Waals surface area contributed by atoms with Crippen molar-refractivity contribution in [1.29, 1.82) is 0 Å². The largest absolute Gasteiger partial charge is 0.345 e. The number of aromatic amines is 1. The van der Waals surface area contributed by atoms with Crippen LogP contribution in [0.5, 0.6) is 0 Å². The summed E-state index contributed by atoms with van der Waals surface area (Å²) in [5.41, 5.74) is 2.79. The molecule has 0 spiro atoms. The topological polar surface area (TPSA) is 107 Å². The van der Waals surface area contributed by atoms with E-state index in [1.54, 1.807) is 58.6 Å². The van der Waals surface area contributed by atoms with E-state index in [-0.39, 0.29) is 18.4 Å². The summed E-state index contributed by atoms with van der Waals surface area (Å²) in [4.78, 5) is 61.9. The molecule has 0 aliphatic carbocycles. The Hall–Kier alpha value is -4.01. The lowest BCUT2D eigenvalue weighted by Gasteiger charge is -2.35. The molecule has 2 aromatic carbocycles. The number of imidazole rings is 1. The number of aromatic nitrogens is 2. The maximum atomic E-state index is 12.8. The molecule has 0 radical (unpaired) electrons. The van der Waals surface area contributed by atoms with Gasteiger partial charge in [0.15, 0.2) is 0 Å². The number of benzene rings is 2. The van der Waals surface area contributed by atoms with Crippen molar-refractivity contribution in [2.75, 3.05) is 32.7 Å². The predicted octanol–water partition coefficient (Wildman–Crippen LogP) is 1.14. The lowest BCUT2D eigenvalue weighted by molar-refractivity contribution is -0.132. The van der Waals surface area contributed by atoms with Crippen molar-refractivity contribution in [3.05, 3.63) is 65.5 Å². The number of piperazine rings is 1. The summed E-state index contributed by atoms with van der Waals surface area (Å²) in [7, 11) is 0. The van der Waals surface area contributed by atoms with Gasteiger partial charge in [0.05, 0.1) is 28.5 Å². The fourth-order valence-electron chi connectivity index (χ4n) is 4.03. The Morgan fingerprint density at radius 3 is 2.23 bits per heavy atom. The van der Waals surface area contributed by atoms with E-state index in [1.807, 2.05) is 0 Å². The first-order valence-electron chi connectivity index (χ1n) is 9.98. The highest BCUT2D eigenvalue weighted by Gasteiger charge is 2.37. The van der Waals surface area contributed by atoms with Crippen LogP contribution in [0.2, 0.25) is 0 Å². The number of H-pyrrole nitrogens is 1. The molecule has 156 valence electrons. The van der Waals surface area contributed by atoms with Crippen LogP contribution in [0.1, 0.15) is 31.1 Å². The van der Waals surface area contributed by atoms with Crippen LogP contribution >= 0.6 is 0 Å². The predicted molar refractivity (Wildman–Crippen MR) is 110 cm³/mol. The van der Waals surface area contributed by atoms with Crippen molar-refractivity contribution in [3.63, 3.8) is 0 Å². The Morgan fingerprint density at radius 1 is 0.903 bits per heavy atom. The Kier molecular flexibility index (Phi) is 4.50. The molecule has 3 aromatic rings. The number of imide groups is 1. The molecule has 3 heterocycles. The van der Waals surface area contributed by atoms with Gasteiger partial charge in [-0.25, -0.2) is 4.98 Å². The molecule has 2 aliphatic heterocycles. The molecule has 9 nitrogen and oxygen atoms in total. The third-order valence-corrected chi connectivity index (χ3v) is 5.76. The molecule has 0 bridgehead atoms. The number of fused-ring (bicyclic) bond motifs is 2. The van der Waals surface area contributed by atoms with Crippen LogP contribution in [0.15, 0.2) is 48.8 Å². The number of hydrogen-bond acceptors (Lipinski definition) is 5. The fourth-order valence-corrected chi connectivity index (χ4v) is 4.03. The summed E-state index contributed by atoms with van der Waals surface area (Å²) in [5, 5.41) is 0. The zero-order valence-electron chi connectivity index (χ0n) is 16.6. The first kappa shape index (κ1) is 19.0. The van der Waals surface area contributed by atoms with Crippen LogP contribution in [0.4, 0.5) is 0 Å². The van der Waals surface area contributed by atoms with Gasteiger partial charge in [0.2, 0.25) is 5.91 Å². The van der Waals surface area contributed by atoms with E-state index >= 15 is 0 Å². The molecule has 9 heteroatoms. The van der Waals surface area contributed by atoms with Gasteiger partial charge in [-0.3, -0.25) is 24.1 Å². The van der Waals surface area contributed by atoms with Crippen molar-refractivity contribution >= 4 is 34.7 Å². The Labute approximate surface area is 177 Å². The molecule has 1 N–H and O–H groups in total. The number of amides is 4. The van der Waals surface area contributed by atoms with E-state index in [9.17, 15) is 19.2 Å². The minimum absolute atomic E-state index is 0.107. The minimum Gasteiger partial charge on any atom is -0.345 e. The molecular weight excluding hydrogens is 398 g/mol. The highest BCUT2D eigenvalue weighted by atomic mass is 16.2. The van der Waals surface area contributed by atoms with Gasteiger partial charge in [0.25, 0.3) is 17.7 Å². The average Bonchev–Trinajstić information content (AvgIpc) is 3.37. The summed E-state index contributed by atoms with van der Waals surface area (Å²) in [6.07, 6.45) is 1.58. The fraction of sp³-hybridized carbons (Fsp3) is 0.227. The molecule has 1 fully saturated rings. The van der Waals surface area contributed by atoms with E-state index in [1.165, 1.54) is 0 Å². The van der Waals surface area contributed by atoms with Crippen LogP contribution in [0.25, 0.3) is 11.0 Å². The van der Waals surface area contributed by atoms with Gasteiger partial charge in [-0.05, 0) is 30.3 Å². The second kappa shape index (κ2) is 7.35. The zero-order chi connectivity index (χ0) is 21.5. The van der Waals surface area contributed by atoms with Gasteiger partial charge < -0.3 is 14.8 Å². The summed E-state index contributed by atoms with van der Waals surface area (Å²) in [5.74, 6) is -1.31. The summed E-state index contributed by atoms with van der Waals surface area (Å²) in [6.45, 7) is 1.16. The Morgan fingerprint density at radius 2 is 1.55 bits per heavy atom. The van der Waals surface area contributed by atoms with Crippen LogP contribution in [-0.2, 0) is 4.79 Å². The number of nitrogens with zero attached hydrogens (tertiary/aromatic N) is 4. The smallest absolute Gasteiger partial charge is 0.262 e. The first-order valence-corrected chi connectivity index (χ1v) is 9.98. The molecule has 5 rings (SSSR count). The highest BCUT2D eigenvalue weighted by Crippen LogP contribution is 2.22. The molecule has 0 unspecified atom stereocenters. The quantitative estimate of drug-likeness (QED) is 0.644. The van der Waals surface area contributed by atoms with Gasteiger partial charge in [0, 0.05) is 31.7 Å².